The van der Waals surface area contributed by atoms with E-state index in [-0.39, 0.29) is 17.1 Å². The molecule has 190 valence electrons. The second-order valence-electron chi connectivity index (χ2n) is 8.92. The third-order valence-corrected chi connectivity index (χ3v) is 6.36. The third kappa shape index (κ3) is 6.34. The molecule has 0 spiro atoms. The van der Waals surface area contributed by atoms with Crippen LogP contribution in [0.1, 0.15) is 43.6 Å². The molecular formula is C34H30O4. The molecule has 4 rings (SSSR count). The molecular weight excluding hydrogens is 472 g/mol. The number of para-hydroxylation sites is 1. The summed E-state index contributed by atoms with van der Waals surface area (Å²) in [5.41, 5.74) is 4.01. The van der Waals surface area contributed by atoms with E-state index in [4.69, 9.17) is 9.47 Å². The topological polar surface area (TPSA) is 52.6 Å². The number of hydrogen-bond donors (Lipinski definition) is 0. The number of rotatable bonds is 9. The van der Waals surface area contributed by atoms with Crippen molar-refractivity contribution in [3.05, 3.63) is 155 Å². The fourth-order valence-electron chi connectivity index (χ4n) is 4.02. The van der Waals surface area contributed by atoms with Crippen molar-refractivity contribution in [2.24, 2.45) is 0 Å². The molecule has 4 nitrogen and oxygen atoms in total. The van der Waals surface area contributed by atoms with Crippen molar-refractivity contribution in [1.82, 2.24) is 0 Å². The Morgan fingerprint density at radius 2 is 1.03 bits per heavy atom. The summed E-state index contributed by atoms with van der Waals surface area (Å²) < 4.78 is 12.1. The van der Waals surface area contributed by atoms with Gasteiger partial charge in [0.1, 0.15) is 11.9 Å². The quantitative estimate of drug-likeness (QED) is 0.102. The number of esters is 1. The lowest BCUT2D eigenvalue weighted by molar-refractivity contribution is -0.131. The summed E-state index contributed by atoms with van der Waals surface area (Å²) in [6.45, 7) is 5.21. The van der Waals surface area contributed by atoms with Gasteiger partial charge in [-0.25, -0.2) is 4.79 Å². The molecule has 0 atom stereocenters. The van der Waals surface area contributed by atoms with Crippen LogP contribution in [0.5, 0.6) is 5.75 Å². The maximum Gasteiger partial charge on any atom is 0.343 e. The van der Waals surface area contributed by atoms with Crippen molar-refractivity contribution < 1.29 is 19.1 Å². The van der Waals surface area contributed by atoms with Crippen molar-refractivity contribution >= 4 is 17.3 Å². The molecule has 4 heteroatoms. The van der Waals surface area contributed by atoms with Gasteiger partial charge in [-0.2, -0.15) is 0 Å². The zero-order valence-electron chi connectivity index (χ0n) is 21.8. The average Bonchev–Trinajstić information content (AvgIpc) is 2.98. The van der Waals surface area contributed by atoms with Crippen LogP contribution in [0.2, 0.25) is 0 Å². The normalized spacial score (nSPS) is 12.3. The number of hydrogen-bond acceptors (Lipinski definition) is 4. The van der Waals surface area contributed by atoms with Gasteiger partial charge in [-0.1, -0.05) is 109 Å². The first-order chi connectivity index (χ1) is 18.5. The second kappa shape index (κ2) is 12.5. The maximum absolute atomic E-state index is 14.0. The minimum absolute atomic E-state index is 0.0450. The van der Waals surface area contributed by atoms with Gasteiger partial charge in [0.2, 0.25) is 5.78 Å². The number of ether oxygens (including phenoxy) is 2. The minimum atomic E-state index is -0.649. The van der Waals surface area contributed by atoms with Gasteiger partial charge < -0.3 is 9.47 Å². The van der Waals surface area contributed by atoms with E-state index in [9.17, 15) is 9.59 Å². The standard InChI is InChI=1S/C34H30O4/c1-24(27-16-8-4-9-17-27)25(2)31(35)32(26(3)34(36)37-30-22-14-7-15-23-30)38-33(28-18-10-5-11-19-28)29-20-12-6-13-21-29/h4-23,33H,1-3H3/b25-24+,32-26-. The lowest BCUT2D eigenvalue weighted by atomic mass is 9.97. The van der Waals surface area contributed by atoms with Gasteiger partial charge in [-0.15, -0.1) is 0 Å². The number of allylic oxidation sites excluding steroid dienone is 2. The summed E-state index contributed by atoms with van der Waals surface area (Å²) in [5.74, 6) is -0.675. The van der Waals surface area contributed by atoms with E-state index in [1.165, 1.54) is 0 Å². The van der Waals surface area contributed by atoms with Crippen molar-refractivity contribution in [2.45, 2.75) is 26.9 Å². The molecule has 4 aromatic rings. The summed E-state index contributed by atoms with van der Waals surface area (Å²) >= 11 is 0. The van der Waals surface area contributed by atoms with Crippen molar-refractivity contribution in [3.63, 3.8) is 0 Å². The van der Waals surface area contributed by atoms with Crippen LogP contribution in [0, 0.1) is 0 Å². The van der Waals surface area contributed by atoms with E-state index < -0.39 is 12.1 Å². The van der Waals surface area contributed by atoms with Gasteiger partial charge in [-0.05, 0) is 55.2 Å². The van der Waals surface area contributed by atoms with Crippen LogP contribution in [0.25, 0.3) is 5.57 Å². The highest BCUT2D eigenvalue weighted by Gasteiger charge is 2.28. The molecule has 0 heterocycles. The first-order valence-corrected chi connectivity index (χ1v) is 12.5. The first kappa shape index (κ1) is 26.4. The minimum Gasteiger partial charge on any atom is -0.476 e. The Bertz CT molecular complexity index is 1400. The Hall–Kier alpha value is -4.70. The smallest absolute Gasteiger partial charge is 0.343 e. The van der Waals surface area contributed by atoms with Gasteiger partial charge in [0.25, 0.3) is 0 Å². The van der Waals surface area contributed by atoms with Crippen LogP contribution in [0.3, 0.4) is 0 Å². The molecule has 0 saturated heterocycles. The number of Topliss-reactive ketones (excluding diaryl/α,β-unsaturated/α-hetero) is 1. The molecule has 0 radical (unpaired) electrons. The molecule has 0 amide bonds. The third-order valence-electron chi connectivity index (χ3n) is 6.36. The van der Waals surface area contributed by atoms with Gasteiger partial charge in [-0.3, -0.25) is 4.79 Å². The van der Waals surface area contributed by atoms with Crippen LogP contribution >= 0.6 is 0 Å². The van der Waals surface area contributed by atoms with E-state index in [1.54, 1.807) is 38.1 Å². The maximum atomic E-state index is 14.0. The Morgan fingerprint density at radius 3 is 1.53 bits per heavy atom. The predicted molar refractivity (Wildman–Crippen MR) is 150 cm³/mol. The van der Waals surface area contributed by atoms with E-state index in [0.717, 1.165) is 22.3 Å². The predicted octanol–water partition coefficient (Wildman–Crippen LogP) is 7.73. The fraction of sp³-hybridized carbons (Fsp3) is 0.118. The van der Waals surface area contributed by atoms with Gasteiger partial charge in [0.15, 0.2) is 5.76 Å². The number of ketones is 1. The first-order valence-electron chi connectivity index (χ1n) is 12.5. The Balaban J connectivity index is 1.80. The van der Waals surface area contributed by atoms with Crippen LogP contribution in [0.4, 0.5) is 0 Å². The summed E-state index contributed by atoms with van der Waals surface area (Å²) in [5, 5.41) is 0. The molecule has 0 fully saturated rings. The number of carbonyl (C=O) groups excluding carboxylic acids is 2. The van der Waals surface area contributed by atoms with Gasteiger partial charge in [0, 0.05) is 5.57 Å². The highest BCUT2D eigenvalue weighted by molar-refractivity contribution is 6.14. The van der Waals surface area contributed by atoms with E-state index in [2.05, 4.69) is 0 Å². The van der Waals surface area contributed by atoms with Crippen molar-refractivity contribution in [1.29, 1.82) is 0 Å². The van der Waals surface area contributed by atoms with E-state index in [1.807, 2.05) is 104 Å². The van der Waals surface area contributed by atoms with Crippen LogP contribution in [0.15, 0.2) is 138 Å². The Labute approximate surface area is 223 Å². The zero-order chi connectivity index (χ0) is 26.9. The zero-order valence-corrected chi connectivity index (χ0v) is 21.8. The average molecular weight is 503 g/mol. The SMILES string of the molecule is C/C(C(=O)Oc1ccccc1)=C(/OC(c1ccccc1)c1ccccc1)C(=O)/C(C)=C(\C)c1ccccc1. The summed E-state index contributed by atoms with van der Waals surface area (Å²) in [6, 6.07) is 37.7. The summed E-state index contributed by atoms with van der Waals surface area (Å²) in [6.07, 6.45) is -0.611. The Morgan fingerprint density at radius 1 is 0.579 bits per heavy atom. The molecule has 4 aromatic carbocycles. The Kier molecular flexibility index (Phi) is 8.68. The molecule has 0 aromatic heterocycles. The molecule has 0 aliphatic heterocycles. The number of carbonyl (C=O) groups is 2. The van der Waals surface area contributed by atoms with E-state index in [0.29, 0.717) is 11.3 Å². The van der Waals surface area contributed by atoms with Crippen molar-refractivity contribution in [3.8, 4) is 5.75 Å². The molecule has 0 aliphatic carbocycles. The highest BCUT2D eigenvalue weighted by Crippen LogP contribution is 2.32. The molecule has 0 saturated carbocycles. The lowest BCUT2D eigenvalue weighted by Gasteiger charge is -2.23. The second-order valence-corrected chi connectivity index (χ2v) is 8.92. The van der Waals surface area contributed by atoms with Crippen LogP contribution in [-0.2, 0) is 14.3 Å². The van der Waals surface area contributed by atoms with E-state index >= 15 is 0 Å². The monoisotopic (exact) mass is 502 g/mol. The van der Waals surface area contributed by atoms with Crippen molar-refractivity contribution in [2.75, 3.05) is 0 Å². The van der Waals surface area contributed by atoms with Crippen LogP contribution < -0.4 is 4.74 Å². The number of benzene rings is 4. The highest BCUT2D eigenvalue weighted by atomic mass is 16.5. The van der Waals surface area contributed by atoms with Gasteiger partial charge in [0.05, 0.1) is 5.57 Å². The lowest BCUT2D eigenvalue weighted by Crippen LogP contribution is -2.20. The molecule has 0 unspecified atom stereocenters. The van der Waals surface area contributed by atoms with Crippen LogP contribution in [-0.4, -0.2) is 11.8 Å². The summed E-state index contributed by atoms with van der Waals surface area (Å²) in [4.78, 5) is 27.3. The molecule has 0 aliphatic rings. The molecule has 38 heavy (non-hydrogen) atoms. The molecule has 0 bridgehead atoms. The largest absolute Gasteiger partial charge is 0.476 e. The fourth-order valence-corrected chi connectivity index (χ4v) is 4.02. The van der Waals surface area contributed by atoms with Gasteiger partial charge >= 0.3 is 5.97 Å². The molecule has 0 N–H and O–H groups in total. The summed E-state index contributed by atoms with van der Waals surface area (Å²) in [7, 11) is 0.